The molecule has 53 heavy (non-hydrogen) atoms. The zero-order chi connectivity index (χ0) is 37.8. The molecular weight excluding hydrogens is 727 g/mol. The van der Waals surface area contributed by atoms with Crippen LogP contribution in [0.1, 0.15) is 51.6 Å². The van der Waals surface area contributed by atoms with E-state index in [1.807, 2.05) is 91.5 Å². The van der Waals surface area contributed by atoms with Gasteiger partial charge in [0.15, 0.2) is 11.3 Å². The van der Waals surface area contributed by atoms with E-state index in [1.165, 1.54) is 16.9 Å². The minimum absolute atomic E-state index is 0.0249. The van der Waals surface area contributed by atoms with Crippen LogP contribution in [0.3, 0.4) is 0 Å². The number of hydrogen-bond donors (Lipinski definition) is 2. The summed E-state index contributed by atoms with van der Waals surface area (Å²) in [5, 5.41) is 20.7. The van der Waals surface area contributed by atoms with Crippen LogP contribution in [0.2, 0.25) is 10.3 Å². The van der Waals surface area contributed by atoms with Gasteiger partial charge in [-0.15, -0.1) is 0 Å². The molecule has 2 aliphatic carbocycles. The Morgan fingerprint density at radius 1 is 0.792 bits per heavy atom. The maximum Gasteiger partial charge on any atom is 0.341 e. The van der Waals surface area contributed by atoms with Crippen LogP contribution < -0.4 is 15.1 Å². The number of anilines is 2. The Kier molecular flexibility index (Phi) is 11.4. The Labute approximate surface area is 314 Å². The molecule has 2 fully saturated rings. The Morgan fingerprint density at radius 3 is 1.60 bits per heavy atom. The number of alkyl halides is 2. The number of amides is 1. The van der Waals surface area contributed by atoms with Crippen molar-refractivity contribution < 1.29 is 23.5 Å². The molecule has 0 aliphatic heterocycles. The lowest BCUT2D eigenvalue weighted by Gasteiger charge is -2.20. The van der Waals surface area contributed by atoms with Crippen molar-refractivity contribution in [1.29, 1.82) is 0 Å². The maximum absolute atomic E-state index is 13.1. The molecule has 0 radical (unpaired) electrons. The number of carbonyl (C=O) groups excluding carboxylic acids is 1. The summed E-state index contributed by atoms with van der Waals surface area (Å²) in [7, 11) is 3.80. The number of fused-ring (bicyclic) bond motifs is 2. The zero-order valence-electron chi connectivity index (χ0n) is 29.1. The van der Waals surface area contributed by atoms with Crippen LogP contribution in [-0.2, 0) is 13.1 Å². The van der Waals surface area contributed by atoms with E-state index in [-0.39, 0.29) is 27.1 Å². The summed E-state index contributed by atoms with van der Waals surface area (Å²) in [6.07, 6.45) is 2.45. The molecule has 2 aromatic carbocycles. The van der Waals surface area contributed by atoms with Crippen LogP contribution in [0.5, 0.6) is 0 Å². The normalized spacial score (nSPS) is 18.3. The first-order valence-electron chi connectivity index (χ1n) is 16.8. The molecule has 4 atom stereocenters. The van der Waals surface area contributed by atoms with Gasteiger partial charge in [-0.1, -0.05) is 90.8 Å². The van der Waals surface area contributed by atoms with Crippen molar-refractivity contribution in [1.82, 2.24) is 34.5 Å². The lowest BCUT2D eigenvalue weighted by molar-refractivity contribution is 0.0698. The molecule has 8 rings (SSSR count). The van der Waals surface area contributed by atoms with Gasteiger partial charge in [0.25, 0.3) is 5.91 Å². The smallest absolute Gasteiger partial charge is 0.341 e. The number of nitrogens with zero attached hydrogens (tertiary/aromatic N) is 8. The fraction of sp³-hybridized carbons (Fsp3) is 0.297. The van der Waals surface area contributed by atoms with E-state index in [4.69, 9.17) is 23.2 Å². The lowest BCUT2D eigenvalue weighted by atomic mass is 10.2. The van der Waals surface area contributed by atoms with E-state index in [0.29, 0.717) is 42.7 Å². The van der Waals surface area contributed by atoms with E-state index >= 15 is 0 Å². The van der Waals surface area contributed by atoms with Crippen molar-refractivity contribution >= 4 is 58.0 Å². The number of halogens is 4. The molecule has 0 spiro atoms. The van der Waals surface area contributed by atoms with Crippen molar-refractivity contribution in [3.05, 3.63) is 118 Å². The minimum atomic E-state index is -1.08. The number of aromatic nitrogens is 6. The zero-order valence-corrected chi connectivity index (χ0v) is 30.6. The number of nitrogens with one attached hydrogen (secondary N) is 1. The predicted octanol–water partition coefficient (Wildman–Crippen LogP) is 6.94. The first kappa shape index (κ1) is 37.4. The van der Waals surface area contributed by atoms with Gasteiger partial charge in [-0.05, 0) is 23.5 Å². The van der Waals surface area contributed by atoms with Crippen molar-refractivity contribution in [2.24, 2.45) is 5.92 Å². The van der Waals surface area contributed by atoms with Crippen LogP contribution in [-0.4, -0.2) is 78.7 Å². The average molecular weight is 765 g/mol. The van der Waals surface area contributed by atoms with E-state index < -0.39 is 30.3 Å². The highest BCUT2D eigenvalue weighted by Gasteiger charge is 2.39. The molecule has 0 saturated heterocycles. The van der Waals surface area contributed by atoms with Crippen LogP contribution in [0.4, 0.5) is 20.4 Å². The molecule has 4 heterocycles. The molecular formula is C37H37Cl2F2N9O3. The summed E-state index contributed by atoms with van der Waals surface area (Å²) in [4.78, 5) is 35.8. The number of rotatable bonds is 9. The number of aromatic carboxylic acids is 1. The summed E-state index contributed by atoms with van der Waals surface area (Å²) in [5.41, 5.74) is 3.13. The quantitative estimate of drug-likeness (QED) is 0.150. The fourth-order valence-corrected chi connectivity index (χ4v) is 5.76. The second-order valence-corrected chi connectivity index (χ2v) is 13.8. The summed E-state index contributed by atoms with van der Waals surface area (Å²) < 4.78 is 27.6. The molecule has 2 aliphatic rings. The molecule has 12 nitrogen and oxygen atoms in total. The highest BCUT2D eigenvalue weighted by Crippen LogP contribution is 2.32. The third-order valence-corrected chi connectivity index (χ3v) is 9.05. The van der Waals surface area contributed by atoms with Crippen molar-refractivity contribution in [2.45, 2.75) is 51.2 Å². The number of carboxylic acid groups (broad SMARTS) is 1. The number of benzene rings is 2. The van der Waals surface area contributed by atoms with E-state index in [0.717, 1.165) is 17.5 Å². The Hall–Kier alpha value is -5.34. The van der Waals surface area contributed by atoms with Crippen molar-refractivity contribution in [3.63, 3.8) is 0 Å². The Morgan fingerprint density at radius 2 is 1.21 bits per heavy atom. The van der Waals surface area contributed by atoms with Gasteiger partial charge in [-0.25, -0.2) is 23.5 Å². The molecule has 6 aromatic rings. The van der Waals surface area contributed by atoms with Crippen LogP contribution >= 0.6 is 23.2 Å². The van der Waals surface area contributed by atoms with Crippen LogP contribution in [0.25, 0.3) is 11.3 Å². The SMILES string of the molecule is CN(Cc1ccccc1)c1cc(Cl)nc2c(C(=O)N[C@@H]3C[C@@H]3F)cnn12.CN(Cc1ccccc1)c1cc(Cl)nc2c(C(=O)O)cnn12.C[C@@H]1C[C@@H]1F. The van der Waals surface area contributed by atoms with Gasteiger partial charge >= 0.3 is 5.97 Å². The second kappa shape index (κ2) is 16.1. The molecule has 276 valence electrons. The third kappa shape index (κ3) is 9.18. The van der Waals surface area contributed by atoms with Gasteiger partial charge in [-0.3, -0.25) is 4.79 Å². The second-order valence-electron chi connectivity index (χ2n) is 13.0. The van der Waals surface area contributed by atoms with Gasteiger partial charge in [0.05, 0.1) is 18.4 Å². The molecule has 0 unspecified atom stereocenters. The third-order valence-electron chi connectivity index (χ3n) is 8.67. The van der Waals surface area contributed by atoms with Crippen molar-refractivity contribution in [2.75, 3.05) is 23.9 Å². The first-order chi connectivity index (χ1) is 25.4. The Bertz CT molecular complexity index is 2220. The van der Waals surface area contributed by atoms with Crippen molar-refractivity contribution in [3.8, 4) is 0 Å². The summed E-state index contributed by atoms with van der Waals surface area (Å²) >= 11 is 12.2. The monoisotopic (exact) mass is 763 g/mol. The van der Waals surface area contributed by atoms with Gasteiger partial charge in [0, 0.05) is 45.7 Å². The largest absolute Gasteiger partial charge is 0.477 e. The van der Waals surface area contributed by atoms with Gasteiger partial charge in [0.1, 0.15) is 45.4 Å². The topological polar surface area (TPSA) is 133 Å². The minimum Gasteiger partial charge on any atom is -0.477 e. The van der Waals surface area contributed by atoms with E-state index in [1.54, 1.807) is 16.6 Å². The summed E-state index contributed by atoms with van der Waals surface area (Å²) in [6, 6.07) is 22.8. The molecule has 16 heteroatoms. The maximum atomic E-state index is 13.1. The van der Waals surface area contributed by atoms with Gasteiger partial charge in [-0.2, -0.15) is 19.2 Å². The average Bonchev–Trinajstić information content (AvgIpc) is 3.84. The molecule has 0 bridgehead atoms. The van der Waals surface area contributed by atoms with Crippen LogP contribution in [0.15, 0.2) is 85.2 Å². The Balaban J connectivity index is 0.000000162. The molecule has 2 saturated carbocycles. The predicted molar refractivity (Wildman–Crippen MR) is 199 cm³/mol. The number of hydrogen-bond acceptors (Lipinski definition) is 8. The van der Waals surface area contributed by atoms with Crippen LogP contribution in [0, 0.1) is 5.92 Å². The lowest BCUT2D eigenvalue weighted by Crippen LogP contribution is -2.27. The molecule has 2 N–H and O–H groups in total. The highest BCUT2D eigenvalue weighted by atomic mass is 35.5. The standard InChI is InChI=1S/C18H17ClFN5O.C15H13ClN4O2.C4H7F/c1-24(10-11-5-3-2-4-6-11)16-8-15(19)23-17-12(9-21-25(16)17)18(26)22-14-7-13(14)20;1-19(9-10-5-3-2-4-6-10)13-7-12(16)18-14-11(15(21)22)8-17-20(13)14;1-3-2-4(3)5/h2-6,8-9,13-14H,7,10H2,1H3,(H,22,26);2-8H,9H2,1H3,(H,21,22);3-4H,2H2,1H3/t13-,14+;;3-,4+/m0.1/s1. The summed E-state index contributed by atoms with van der Waals surface area (Å²) in [5.74, 6) is 0.289. The first-order valence-corrected chi connectivity index (χ1v) is 17.6. The highest BCUT2D eigenvalue weighted by molar-refractivity contribution is 6.30. The van der Waals surface area contributed by atoms with Gasteiger partial charge < -0.3 is 20.2 Å². The molecule has 4 aromatic heterocycles. The van der Waals surface area contributed by atoms with Gasteiger partial charge in [0.2, 0.25) is 0 Å². The van der Waals surface area contributed by atoms with E-state index in [9.17, 15) is 23.5 Å². The number of carboxylic acids is 1. The molecule has 1 amide bonds. The number of carbonyl (C=O) groups is 2. The fourth-order valence-electron chi connectivity index (χ4n) is 5.40. The summed E-state index contributed by atoms with van der Waals surface area (Å²) in [6.45, 7) is 3.20. The van der Waals surface area contributed by atoms with E-state index in [2.05, 4.69) is 25.5 Å².